The highest BCUT2D eigenvalue weighted by atomic mass is 32.2. The van der Waals surface area contributed by atoms with Gasteiger partial charge in [-0.2, -0.15) is 11.8 Å². The molecule has 0 bridgehead atoms. The molecule has 1 aromatic heterocycles. The molecule has 1 heterocycles. The molecule has 0 saturated heterocycles. The van der Waals surface area contributed by atoms with E-state index in [4.69, 9.17) is 19.3 Å². The van der Waals surface area contributed by atoms with Gasteiger partial charge in [-0.15, -0.1) is 5.10 Å². The van der Waals surface area contributed by atoms with Gasteiger partial charge in [-0.3, -0.25) is 33.4 Å². The molecule has 0 fully saturated rings. The molecule has 57 heavy (non-hydrogen) atoms. The van der Waals surface area contributed by atoms with E-state index in [-0.39, 0.29) is 63.0 Å². The summed E-state index contributed by atoms with van der Waals surface area (Å²) in [7, 11) is 0. The second-order valence-electron chi connectivity index (χ2n) is 14.0. The van der Waals surface area contributed by atoms with Crippen molar-refractivity contribution < 1.29 is 48.1 Å². The number of thioether (sulfide) groups is 1. The second kappa shape index (κ2) is 34.3. The van der Waals surface area contributed by atoms with Gasteiger partial charge < -0.3 is 34.9 Å². The maximum atomic E-state index is 12.5. The number of carboxylic acid groups (broad SMARTS) is 1. The molecular formula is C40H70N6O10S. The summed E-state index contributed by atoms with van der Waals surface area (Å²) in [5.74, 6) is -0.772. The van der Waals surface area contributed by atoms with Crippen LogP contribution in [0.15, 0.2) is 6.20 Å². The number of hydrogen-bond donors (Lipinski definition) is 3. The van der Waals surface area contributed by atoms with Crippen LogP contribution in [0.2, 0.25) is 0 Å². The summed E-state index contributed by atoms with van der Waals surface area (Å²) < 4.78 is 17.7. The van der Waals surface area contributed by atoms with Crippen LogP contribution in [0.5, 0.6) is 0 Å². The number of ether oxygens (including phenoxy) is 3. The molecule has 17 heteroatoms. The summed E-state index contributed by atoms with van der Waals surface area (Å²) >= 11 is 1.56. The minimum absolute atomic E-state index is 0.0113. The average Bonchev–Trinajstić information content (AvgIpc) is 3.64. The zero-order valence-electron chi connectivity index (χ0n) is 34.8. The first-order valence-corrected chi connectivity index (χ1v) is 22.1. The Morgan fingerprint density at radius 3 is 2.14 bits per heavy atom. The quantitative estimate of drug-likeness (QED) is 0.0606. The van der Waals surface area contributed by atoms with Crippen molar-refractivity contribution >= 4 is 47.4 Å². The average molecular weight is 827 g/mol. The fraction of sp³-hybridized carbons (Fsp3) is 0.800. The smallest absolute Gasteiger partial charge is 0.306 e. The number of nitrogens with one attached hydrogen (secondary N) is 2. The lowest BCUT2D eigenvalue weighted by Gasteiger charge is -2.22. The van der Waals surface area contributed by atoms with E-state index in [0.29, 0.717) is 75.4 Å². The number of carbonyl (C=O) groups is 6. The fourth-order valence-corrected chi connectivity index (χ4v) is 6.60. The van der Waals surface area contributed by atoms with E-state index in [1.54, 1.807) is 29.8 Å². The van der Waals surface area contributed by atoms with E-state index in [2.05, 4.69) is 27.9 Å². The summed E-state index contributed by atoms with van der Waals surface area (Å²) in [5, 5.41) is 22.3. The molecule has 0 aliphatic rings. The van der Waals surface area contributed by atoms with Crippen LogP contribution >= 0.6 is 11.8 Å². The first-order valence-electron chi connectivity index (χ1n) is 20.9. The maximum absolute atomic E-state index is 12.5. The zero-order valence-corrected chi connectivity index (χ0v) is 35.6. The highest BCUT2D eigenvalue weighted by molar-refractivity contribution is 7.99. The molecule has 1 aromatic rings. The summed E-state index contributed by atoms with van der Waals surface area (Å²) in [6.07, 6.45) is 16.4. The summed E-state index contributed by atoms with van der Waals surface area (Å²) in [6.45, 7) is 7.20. The molecule has 1 atom stereocenters. The molecule has 16 nitrogen and oxygen atoms in total. The number of unbranched alkanes of at least 4 members (excludes halogenated alkanes) is 10. The van der Waals surface area contributed by atoms with Gasteiger partial charge in [0, 0.05) is 76.5 Å². The monoisotopic (exact) mass is 826 g/mol. The third-order valence-electron chi connectivity index (χ3n) is 8.94. The van der Waals surface area contributed by atoms with Crippen LogP contribution in [0.3, 0.4) is 0 Å². The third kappa shape index (κ3) is 30.1. The number of aromatic nitrogens is 3. The van der Waals surface area contributed by atoms with Gasteiger partial charge >= 0.3 is 17.9 Å². The van der Waals surface area contributed by atoms with Crippen molar-refractivity contribution in [1.82, 2.24) is 30.5 Å². The van der Waals surface area contributed by atoms with Crippen LogP contribution in [-0.4, -0.2) is 124 Å². The van der Waals surface area contributed by atoms with Gasteiger partial charge in [-0.05, 0) is 19.3 Å². The van der Waals surface area contributed by atoms with Crippen LogP contribution < -0.4 is 10.6 Å². The summed E-state index contributed by atoms with van der Waals surface area (Å²) in [6, 6.07) is 0. The van der Waals surface area contributed by atoms with E-state index in [9.17, 15) is 28.8 Å². The van der Waals surface area contributed by atoms with Crippen LogP contribution in [0.25, 0.3) is 0 Å². The molecular weight excluding hydrogens is 757 g/mol. The standard InChI is InChI=1S/C40H70N6O10S/c1-4-6-7-8-9-10-11-12-13-14-15-19-40(53)56-35(32-55-33(3)47)31-54-27-23-42-37(49)21-28-57-29-26-45(38(50)5-2)25-22-41-36(48)18-16-17-34-30-46(44-43-34)24-20-39(51)52/h30,35H,4-29,31-32H2,1-3H3,(H,41,48)(H,42,49)(H,51,52). The highest BCUT2D eigenvalue weighted by Gasteiger charge is 2.17. The molecule has 0 aliphatic carbocycles. The number of aryl methyl sites for hydroxylation is 2. The van der Waals surface area contributed by atoms with E-state index >= 15 is 0 Å². The van der Waals surface area contributed by atoms with Crippen molar-refractivity contribution in [3.8, 4) is 0 Å². The number of rotatable bonds is 37. The van der Waals surface area contributed by atoms with E-state index in [1.807, 2.05) is 0 Å². The van der Waals surface area contributed by atoms with Crippen LogP contribution in [0.1, 0.15) is 136 Å². The van der Waals surface area contributed by atoms with Gasteiger partial charge in [0.05, 0.1) is 31.9 Å². The van der Waals surface area contributed by atoms with Gasteiger partial charge in [0.15, 0.2) is 6.10 Å². The Bertz CT molecular complexity index is 1280. The molecule has 326 valence electrons. The highest BCUT2D eigenvalue weighted by Crippen LogP contribution is 2.13. The molecule has 0 aliphatic heterocycles. The SMILES string of the molecule is CCCCCCCCCCCCCC(=O)OC(COCCNC(=O)CCSCCN(CCNC(=O)CCCc1cn(CCC(=O)O)nn1)C(=O)CC)COC(C)=O. The predicted molar refractivity (Wildman–Crippen MR) is 218 cm³/mol. The number of nitrogens with zero attached hydrogens (tertiary/aromatic N) is 4. The van der Waals surface area contributed by atoms with Crippen LogP contribution in [-0.2, 0) is 55.9 Å². The van der Waals surface area contributed by atoms with Crippen molar-refractivity contribution in [3.05, 3.63) is 11.9 Å². The Labute approximate surface area is 343 Å². The lowest BCUT2D eigenvalue weighted by atomic mass is 10.1. The number of carboxylic acids is 1. The summed E-state index contributed by atoms with van der Waals surface area (Å²) in [5.41, 5.74) is 0.695. The Hall–Kier alpha value is -3.73. The first kappa shape index (κ1) is 51.3. The van der Waals surface area contributed by atoms with Crippen LogP contribution in [0.4, 0.5) is 0 Å². The van der Waals surface area contributed by atoms with Gasteiger partial charge in [-0.25, -0.2) is 0 Å². The fourth-order valence-electron chi connectivity index (χ4n) is 5.72. The molecule has 1 rings (SSSR count). The van der Waals surface area contributed by atoms with E-state index in [0.717, 1.165) is 19.3 Å². The first-order chi connectivity index (χ1) is 27.5. The van der Waals surface area contributed by atoms with E-state index in [1.165, 1.54) is 63.0 Å². The van der Waals surface area contributed by atoms with Gasteiger partial charge in [-0.1, -0.05) is 83.3 Å². The number of hydrogen-bond acceptors (Lipinski definition) is 12. The maximum Gasteiger partial charge on any atom is 0.306 e. The Balaban J connectivity index is 2.18. The van der Waals surface area contributed by atoms with Gasteiger partial charge in [0.25, 0.3) is 0 Å². The number of esters is 2. The largest absolute Gasteiger partial charge is 0.481 e. The topological polar surface area (TPSA) is 208 Å². The Morgan fingerprint density at radius 1 is 0.807 bits per heavy atom. The molecule has 3 amide bonds. The number of aliphatic carboxylic acids is 1. The molecule has 0 radical (unpaired) electrons. The van der Waals surface area contributed by atoms with E-state index < -0.39 is 18.0 Å². The Morgan fingerprint density at radius 2 is 1.47 bits per heavy atom. The van der Waals surface area contributed by atoms with Crippen molar-refractivity contribution in [3.63, 3.8) is 0 Å². The van der Waals surface area contributed by atoms with Crippen molar-refractivity contribution in [2.45, 2.75) is 149 Å². The lowest BCUT2D eigenvalue weighted by molar-refractivity contribution is -0.161. The lowest BCUT2D eigenvalue weighted by Crippen LogP contribution is -2.39. The molecule has 0 spiro atoms. The van der Waals surface area contributed by atoms with Gasteiger partial charge in [0.2, 0.25) is 17.7 Å². The normalized spacial score (nSPS) is 11.5. The van der Waals surface area contributed by atoms with Crippen molar-refractivity contribution in [2.24, 2.45) is 0 Å². The second-order valence-corrected chi connectivity index (χ2v) is 15.3. The van der Waals surface area contributed by atoms with Crippen LogP contribution in [0, 0.1) is 0 Å². The Kier molecular flexibility index (Phi) is 30.9. The predicted octanol–water partition coefficient (Wildman–Crippen LogP) is 4.86. The molecule has 0 saturated carbocycles. The van der Waals surface area contributed by atoms with Gasteiger partial charge in [0.1, 0.15) is 6.61 Å². The number of carbonyl (C=O) groups excluding carboxylic acids is 5. The number of amides is 3. The van der Waals surface area contributed by atoms with Crippen molar-refractivity contribution in [1.29, 1.82) is 0 Å². The third-order valence-corrected chi connectivity index (χ3v) is 9.91. The minimum Gasteiger partial charge on any atom is -0.481 e. The zero-order chi connectivity index (χ0) is 41.9. The molecule has 1 unspecified atom stereocenters. The van der Waals surface area contributed by atoms with Crippen molar-refractivity contribution in [2.75, 3.05) is 57.5 Å². The molecule has 0 aromatic carbocycles. The summed E-state index contributed by atoms with van der Waals surface area (Å²) in [4.78, 5) is 73.3. The minimum atomic E-state index is -0.908. The molecule has 3 N–H and O–H groups in total.